The van der Waals surface area contributed by atoms with Gasteiger partial charge in [0.1, 0.15) is 0 Å². The van der Waals surface area contributed by atoms with Crippen LogP contribution in [0, 0.1) is 24.3 Å². The highest BCUT2D eigenvalue weighted by molar-refractivity contribution is 5.85. The predicted octanol–water partition coefficient (Wildman–Crippen LogP) is 14.6. The summed E-state index contributed by atoms with van der Waals surface area (Å²) in [5.41, 5.74) is 14.3. The van der Waals surface area contributed by atoms with E-state index >= 15 is 0 Å². The molecule has 4 saturated carbocycles. The second kappa shape index (κ2) is 15.0. The van der Waals surface area contributed by atoms with Gasteiger partial charge in [-0.3, -0.25) is 0 Å². The maximum Gasteiger partial charge on any atom is 0.187 e. The third kappa shape index (κ3) is 6.91. The van der Waals surface area contributed by atoms with E-state index in [0.717, 1.165) is 62.3 Å². The van der Waals surface area contributed by atoms with E-state index in [9.17, 15) is 0 Å². The van der Waals surface area contributed by atoms with Crippen molar-refractivity contribution < 1.29 is 0 Å². The molecule has 0 unspecified atom stereocenters. The molecule has 8 aromatic rings. The number of nitrogens with zero attached hydrogens (tertiary/aromatic N) is 4. The van der Waals surface area contributed by atoms with E-state index in [-0.39, 0.29) is 0 Å². The summed E-state index contributed by atoms with van der Waals surface area (Å²) in [6.07, 6.45) is 8.40. The van der Waals surface area contributed by atoms with E-state index in [1.165, 1.54) is 60.8 Å². The maximum atomic E-state index is 7.51. The Morgan fingerprint density at radius 2 is 0.700 bits per heavy atom. The van der Waals surface area contributed by atoms with Crippen LogP contribution in [0.4, 0.5) is 5.69 Å². The molecule has 4 aliphatic carbocycles. The molecule has 4 fully saturated rings. The van der Waals surface area contributed by atoms with Gasteiger partial charge in [0.15, 0.2) is 23.2 Å². The van der Waals surface area contributed by atoms with E-state index in [1.54, 1.807) is 0 Å². The fourth-order valence-electron chi connectivity index (χ4n) is 11.0. The predicted molar refractivity (Wildman–Crippen MR) is 244 cm³/mol. The lowest BCUT2D eigenvalue weighted by Gasteiger charge is -2.57. The minimum absolute atomic E-state index is 0.341. The van der Waals surface area contributed by atoms with E-state index in [4.69, 9.17) is 21.5 Å². The summed E-state index contributed by atoms with van der Waals surface area (Å²) in [4.78, 5) is 19.0. The molecule has 4 nitrogen and oxygen atoms in total. The fraction of sp³-hybridized carbons (Fsp3) is 0.179. The Bertz CT molecular complexity index is 2780. The summed E-state index contributed by atoms with van der Waals surface area (Å²) >= 11 is 0. The van der Waals surface area contributed by atoms with Crippen molar-refractivity contribution in [3.63, 3.8) is 0 Å². The Kier molecular flexibility index (Phi) is 9.04. The zero-order chi connectivity index (χ0) is 40.0. The number of hydrogen-bond donors (Lipinski definition) is 0. The second-order valence-corrected chi connectivity index (χ2v) is 17.4. The molecule has 288 valence electrons. The number of aromatic nitrogens is 3. The molecule has 12 rings (SSSR count). The smallest absolute Gasteiger partial charge is 0.187 e. The third-order valence-electron chi connectivity index (χ3n) is 13.5. The van der Waals surface area contributed by atoms with Gasteiger partial charge in [0.2, 0.25) is 0 Å². The van der Waals surface area contributed by atoms with Crippen LogP contribution in [-0.2, 0) is 5.41 Å². The Balaban J connectivity index is 1.09. The molecule has 7 aromatic carbocycles. The van der Waals surface area contributed by atoms with Crippen LogP contribution in [-0.4, -0.2) is 15.0 Å². The van der Waals surface area contributed by atoms with Gasteiger partial charge in [-0.25, -0.2) is 19.8 Å². The summed E-state index contributed by atoms with van der Waals surface area (Å²) in [6.45, 7) is 7.51. The molecule has 1 aromatic heterocycles. The molecule has 60 heavy (non-hydrogen) atoms. The molecule has 0 spiro atoms. The van der Waals surface area contributed by atoms with Crippen molar-refractivity contribution in [1.82, 2.24) is 15.0 Å². The molecule has 1 heterocycles. The van der Waals surface area contributed by atoms with Gasteiger partial charge in [0.05, 0.1) is 6.57 Å². The van der Waals surface area contributed by atoms with Gasteiger partial charge in [-0.05, 0) is 148 Å². The quantitative estimate of drug-likeness (QED) is 0.144. The Morgan fingerprint density at radius 1 is 0.367 bits per heavy atom. The van der Waals surface area contributed by atoms with E-state index in [0.29, 0.717) is 28.6 Å². The van der Waals surface area contributed by atoms with Crippen molar-refractivity contribution >= 4 is 5.69 Å². The van der Waals surface area contributed by atoms with Crippen LogP contribution in [0.15, 0.2) is 176 Å². The largest absolute Gasteiger partial charge is 0.238 e. The minimum atomic E-state index is 0.341. The van der Waals surface area contributed by atoms with Crippen molar-refractivity contribution in [2.75, 3.05) is 0 Å². The lowest BCUT2D eigenvalue weighted by molar-refractivity contribution is -0.00518. The lowest BCUT2D eigenvalue weighted by Crippen LogP contribution is -2.48. The summed E-state index contributed by atoms with van der Waals surface area (Å²) in [5, 5.41) is 0. The first kappa shape index (κ1) is 36.1. The number of rotatable bonds is 8. The van der Waals surface area contributed by atoms with Crippen molar-refractivity contribution in [3.8, 4) is 78.7 Å². The number of hydrogen-bond acceptors (Lipinski definition) is 3. The highest BCUT2D eigenvalue weighted by atomic mass is 15.0. The zero-order valence-corrected chi connectivity index (χ0v) is 33.5. The molecule has 0 amide bonds. The highest BCUT2D eigenvalue weighted by Crippen LogP contribution is 2.60. The van der Waals surface area contributed by atoms with Crippen LogP contribution in [0.5, 0.6) is 0 Å². The van der Waals surface area contributed by atoms with E-state index < -0.39 is 0 Å². The van der Waals surface area contributed by atoms with Gasteiger partial charge in [-0.2, -0.15) is 0 Å². The second-order valence-electron chi connectivity index (χ2n) is 17.4. The topological polar surface area (TPSA) is 43.0 Å². The van der Waals surface area contributed by atoms with Gasteiger partial charge in [-0.15, -0.1) is 0 Å². The SMILES string of the molecule is [C-]#[N+]c1ccc(-c2nc(-c3ccccc3)nc(-c3cc(-c4ccc(C56CC7CC(CC(C7)C5)C6)cc4)cc(-c4cc(-c5ccccc5)cc(-c5ccccc5)c4)c3)n2)cc1. The maximum absolute atomic E-state index is 7.51. The average Bonchev–Trinajstić information content (AvgIpc) is 3.31. The Labute approximate surface area is 352 Å². The lowest BCUT2D eigenvalue weighted by atomic mass is 9.48. The highest BCUT2D eigenvalue weighted by Gasteiger charge is 2.51. The average molecular weight is 773 g/mol. The Hall–Kier alpha value is -6.96. The van der Waals surface area contributed by atoms with Gasteiger partial charge >= 0.3 is 0 Å². The molecule has 0 saturated heterocycles. The summed E-state index contributed by atoms with van der Waals surface area (Å²) in [6, 6.07) is 62.3. The molecule has 0 atom stereocenters. The van der Waals surface area contributed by atoms with Crippen LogP contribution in [0.2, 0.25) is 0 Å². The standard InChI is InChI=1S/C56H44N4/c1-57-52-23-19-44(20-24-52)54-58-53(43-15-9-4-10-16-43)59-55(60-54)50-32-47(42-17-21-51(22-18-42)56-34-37-25-38(35-56)27-39(26-37)36-56)31-49(33-50)48-29-45(40-11-5-2-6-12-40)28-46(30-48)41-13-7-3-8-14-41/h2-24,28-33,37-39H,25-27,34-36H2. The first-order valence-electron chi connectivity index (χ1n) is 21.4. The minimum Gasteiger partial charge on any atom is -0.238 e. The van der Waals surface area contributed by atoms with Gasteiger partial charge in [0, 0.05) is 16.7 Å². The molecule has 0 radical (unpaired) electrons. The first-order valence-corrected chi connectivity index (χ1v) is 21.4. The molecule has 4 bridgehead atoms. The van der Waals surface area contributed by atoms with Crippen molar-refractivity contribution in [3.05, 3.63) is 193 Å². The molecule has 4 aliphatic rings. The molecular weight excluding hydrogens is 729 g/mol. The van der Waals surface area contributed by atoms with Gasteiger partial charge in [-0.1, -0.05) is 140 Å². The third-order valence-corrected chi connectivity index (χ3v) is 13.5. The fourth-order valence-corrected chi connectivity index (χ4v) is 11.0. The van der Waals surface area contributed by atoms with Crippen LogP contribution >= 0.6 is 0 Å². The van der Waals surface area contributed by atoms with Crippen LogP contribution in [0.25, 0.3) is 83.5 Å². The summed E-state index contributed by atoms with van der Waals surface area (Å²) < 4.78 is 0. The van der Waals surface area contributed by atoms with Crippen LogP contribution in [0.3, 0.4) is 0 Å². The number of benzene rings is 7. The monoisotopic (exact) mass is 772 g/mol. The van der Waals surface area contributed by atoms with E-state index in [1.807, 2.05) is 54.6 Å². The molecular formula is C56H44N4. The zero-order valence-electron chi connectivity index (χ0n) is 33.5. The van der Waals surface area contributed by atoms with Crippen molar-refractivity contribution in [1.29, 1.82) is 0 Å². The van der Waals surface area contributed by atoms with Crippen molar-refractivity contribution in [2.45, 2.75) is 43.9 Å². The van der Waals surface area contributed by atoms with Gasteiger partial charge < -0.3 is 0 Å². The summed E-state index contributed by atoms with van der Waals surface area (Å²) in [7, 11) is 0. The van der Waals surface area contributed by atoms with Crippen LogP contribution < -0.4 is 0 Å². The van der Waals surface area contributed by atoms with E-state index in [2.05, 4.69) is 126 Å². The summed E-state index contributed by atoms with van der Waals surface area (Å²) in [5.74, 6) is 4.48. The molecule has 0 N–H and O–H groups in total. The molecule has 4 heteroatoms. The molecule has 0 aliphatic heterocycles. The first-order chi connectivity index (χ1) is 29.5. The Morgan fingerprint density at radius 3 is 1.13 bits per heavy atom. The van der Waals surface area contributed by atoms with Gasteiger partial charge in [0.25, 0.3) is 0 Å². The normalized spacial score (nSPS) is 20.1. The van der Waals surface area contributed by atoms with Crippen LogP contribution in [0.1, 0.15) is 44.1 Å². The van der Waals surface area contributed by atoms with Crippen molar-refractivity contribution in [2.24, 2.45) is 17.8 Å².